The molecular formula is C13H22N4OS. The molecule has 0 radical (unpaired) electrons. The molecule has 1 fully saturated rings. The summed E-state index contributed by atoms with van der Waals surface area (Å²) in [5.41, 5.74) is 0. The fraction of sp³-hybridized carbons (Fsp3) is 0.692. The Morgan fingerprint density at radius 3 is 2.58 bits per heavy atom. The number of hydrogen-bond acceptors (Lipinski definition) is 6. The number of aromatic nitrogens is 2. The first kappa shape index (κ1) is 14.4. The van der Waals surface area contributed by atoms with Gasteiger partial charge in [-0.2, -0.15) is 0 Å². The van der Waals surface area contributed by atoms with Crippen molar-refractivity contribution in [1.29, 1.82) is 0 Å². The van der Waals surface area contributed by atoms with Crippen LogP contribution in [0.2, 0.25) is 0 Å². The Kier molecular flexibility index (Phi) is 5.27. The molecule has 1 aromatic heterocycles. The summed E-state index contributed by atoms with van der Waals surface area (Å²) in [5, 5.41) is 17.0. The summed E-state index contributed by atoms with van der Waals surface area (Å²) >= 11 is 1.54. The highest BCUT2D eigenvalue weighted by Crippen LogP contribution is 2.23. The van der Waals surface area contributed by atoms with E-state index in [0.717, 1.165) is 49.0 Å². The normalized spacial score (nSPS) is 23.1. The molecule has 1 aliphatic carbocycles. The molecule has 0 aliphatic heterocycles. The predicted octanol–water partition coefficient (Wildman–Crippen LogP) is 2.35. The standard InChI is InChI=1S/C13H22N4OS/c1-3-14-11-8-12(17-13(16-11)19-2)15-9-4-6-10(18)7-5-9/h8-10,18H,3-7H2,1-2H3,(H2,14,15,16,17). The van der Waals surface area contributed by atoms with Crippen molar-refractivity contribution in [1.82, 2.24) is 9.97 Å². The van der Waals surface area contributed by atoms with Crippen LogP contribution in [-0.2, 0) is 0 Å². The zero-order chi connectivity index (χ0) is 13.7. The Morgan fingerprint density at radius 2 is 1.95 bits per heavy atom. The first-order valence-corrected chi connectivity index (χ1v) is 8.05. The van der Waals surface area contributed by atoms with E-state index in [4.69, 9.17) is 0 Å². The topological polar surface area (TPSA) is 70.1 Å². The van der Waals surface area contributed by atoms with E-state index in [-0.39, 0.29) is 6.10 Å². The van der Waals surface area contributed by atoms with Crippen LogP contribution in [0.1, 0.15) is 32.6 Å². The van der Waals surface area contributed by atoms with Crippen LogP contribution < -0.4 is 10.6 Å². The molecule has 106 valence electrons. The lowest BCUT2D eigenvalue weighted by Crippen LogP contribution is -2.28. The van der Waals surface area contributed by atoms with Gasteiger partial charge < -0.3 is 15.7 Å². The van der Waals surface area contributed by atoms with Gasteiger partial charge in [0, 0.05) is 18.7 Å². The second-order valence-corrected chi connectivity index (χ2v) is 5.58. The van der Waals surface area contributed by atoms with Gasteiger partial charge in [0.05, 0.1) is 6.10 Å². The third-order valence-corrected chi connectivity index (χ3v) is 3.84. The maximum absolute atomic E-state index is 9.52. The molecular weight excluding hydrogens is 260 g/mol. The Balaban J connectivity index is 2.04. The lowest BCUT2D eigenvalue weighted by molar-refractivity contribution is 0.126. The first-order chi connectivity index (χ1) is 9.21. The zero-order valence-electron chi connectivity index (χ0n) is 11.5. The van der Waals surface area contributed by atoms with E-state index in [1.165, 1.54) is 0 Å². The summed E-state index contributed by atoms with van der Waals surface area (Å²) in [6, 6.07) is 2.36. The van der Waals surface area contributed by atoms with Crippen LogP contribution >= 0.6 is 11.8 Å². The molecule has 1 aromatic rings. The van der Waals surface area contributed by atoms with Crippen LogP contribution in [-0.4, -0.2) is 40.0 Å². The molecule has 6 heteroatoms. The highest BCUT2D eigenvalue weighted by molar-refractivity contribution is 7.98. The summed E-state index contributed by atoms with van der Waals surface area (Å²) in [6.07, 6.45) is 5.59. The Bertz CT molecular complexity index is 408. The number of anilines is 2. The van der Waals surface area contributed by atoms with Crippen molar-refractivity contribution in [3.05, 3.63) is 6.07 Å². The smallest absolute Gasteiger partial charge is 0.191 e. The lowest BCUT2D eigenvalue weighted by Gasteiger charge is -2.26. The molecule has 5 nitrogen and oxygen atoms in total. The second kappa shape index (κ2) is 6.96. The fourth-order valence-electron chi connectivity index (χ4n) is 2.29. The quantitative estimate of drug-likeness (QED) is 0.569. The van der Waals surface area contributed by atoms with Gasteiger partial charge in [0.25, 0.3) is 0 Å². The highest BCUT2D eigenvalue weighted by Gasteiger charge is 2.19. The minimum atomic E-state index is -0.123. The lowest BCUT2D eigenvalue weighted by atomic mass is 9.93. The number of thioether (sulfide) groups is 1. The van der Waals surface area contributed by atoms with Crippen LogP contribution in [0.15, 0.2) is 11.2 Å². The average Bonchev–Trinajstić information content (AvgIpc) is 2.41. The van der Waals surface area contributed by atoms with Crippen molar-refractivity contribution in [2.24, 2.45) is 0 Å². The molecule has 0 bridgehead atoms. The molecule has 3 N–H and O–H groups in total. The number of aliphatic hydroxyl groups is 1. The van der Waals surface area contributed by atoms with Crippen LogP contribution in [0.3, 0.4) is 0 Å². The van der Waals surface area contributed by atoms with Crippen molar-refractivity contribution < 1.29 is 5.11 Å². The summed E-state index contributed by atoms with van der Waals surface area (Å²) in [4.78, 5) is 8.89. The summed E-state index contributed by atoms with van der Waals surface area (Å²) in [5.74, 6) is 1.73. The van der Waals surface area contributed by atoms with Crippen molar-refractivity contribution in [2.75, 3.05) is 23.4 Å². The highest BCUT2D eigenvalue weighted by atomic mass is 32.2. The minimum absolute atomic E-state index is 0.123. The molecule has 2 rings (SSSR count). The predicted molar refractivity (Wildman–Crippen MR) is 79.9 cm³/mol. The monoisotopic (exact) mass is 282 g/mol. The van der Waals surface area contributed by atoms with Crippen LogP contribution in [0, 0.1) is 0 Å². The molecule has 1 aliphatic rings. The van der Waals surface area contributed by atoms with Crippen molar-refractivity contribution in [2.45, 2.75) is 49.9 Å². The summed E-state index contributed by atoms with van der Waals surface area (Å²) < 4.78 is 0. The summed E-state index contributed by atoms with van der Waals surface area (Å²) in [7, 11) is 0. The largest absolute Gasteiger partial charge is 0.393 e. The maximum Gasteiger partial charge on any atom is 0.191 e. The Hall–Kier alpha value is -1.01. The molecule has 0 spiro atoms. The minimum Gasteiger partial charge on any atom is -0.393 e. The molecule has 0 saturated heterocycles. The van der Waals surface area contributed by atoms with Crippen LogP contribution in [0.25, 0.3) is 0 Å². The van der Waals surface area contributed by atoms with Crippen molar-refractivity contribution >= 4 is 23.4 Å². The van der Waals surface area contributed by atoms with E-state index in [1.807, 2.05) is 12.3 Å². The van der Waals surface area contributed by atoms with E-state index >= 15 is 0 Å². The van der Waals surface area contributed by atoms with Gasteiger partial charge in [-0.05, 0) is 38.9 Å². The van der Waals surface area contributed by atoms with Gasteiger partial charge in [-0.25, -0.2) is 9.97 Å². The van der Waals surface area contributed by atoms with Gasteiger partial charge in [0.2, 0.25) is 0 Å². The molecule has 19 heavy (non-hydrogen) atoms. The third-order valence-electron chi connectivity index (χ3n) is 3.29. The molecule has 1 heterocycles. The molecule has 0 unspecified atom stereocenters. The third kappa shape index (κ3) is 4.24. The second-order valence-electron chi connectivity index (χ2n) is 4.81. The molecule has 1 saturated carbocycles. The van der Waals surface area contributed by atoms with Gasteiger partial charge in [0.15, 0.2) is 5.16 Å². The van der Waals surface area contributed by atoms with E-state index in [2.05, 4.69) is 27.5 Å². The molecule has 0 aromatic carbocycles. The number of rotatable bonds is 5. The fourth-order valence-corrected chi connectivity index (χ4v) is 2.67. The molecule has 0 atom stereocenters. The maximum atomic E-state index is 9.52. The first-order valence-electron chi connectivity index (χ1n) is 6.82. The van der Waals surface area contributed by atoms with Crippen LogP contribution in [0.4, 0.5) is 11.6 Å². The number of hydrogen-bond donors (Lipinski definition) is 3. The van der Waals surface area contributed by atoms with E-state index < -0.39 is 0 Å². The number of aliphatic hydroxyl groups excluding tert-OH is 1. The Labute approximate surface area is 118 Å². The Morgan fingerprint density at radius 1 is 1.26 bits per heavy atom. The molecule has 0 amide bonds. The van der Waals surface area contributed by atoms with Gasteiger partial charge in [-0.1, -0.05) is 11.8 Å². The zero-order valence-corrected chi connectivity index (χ0v) is 12.3. The van der Waals surface area contributed by atoms with E-state index in [0.29, 0.717) is 6.04 Å². The van der Waals surface area contributed by atoms with Crippen molar-refractivity contribution in [3.8, 4) is 0 Å². The van der Waals surface area contributed by atoms with E-state index in [1.54, 1.807) is 11.8 Å². The SMILES string of the molecule is CCNc1cc(NC2CCC(O)CC2)nc(SC)n1. The van der Waals surface area contributed by atoms with E-state index in [9.17, 15) is 5.11 Å². The number of nitrogens with zero attached hydrogens (tertiary/aromatic N) is 2. The summed E-state index contributed by atoms with van der Waals surface area (Å²) in [6.45, 7) is 2.90. The van der Waals surface area contributed by atoms with Crippen LogP contribution in [0.5, 0.6) is 0 Å². The average molecular weight is 282 g/mol. The van der Waals surface area contributed by atoms with Gasteiger partial charge >= 0.3 is 0 Å². The number of nitrogens with one attached hydrogen (secondary N) is 2. The van der Waals surface area contributed by atoms with Gasteiger partial charge in [0.1, 0.15) is 11.6 Å². The van der Waals surface area contributed by atoms with Crippen molar-refractivity contribution in [3.63, 3.8) is 0 Å². The van der Waals surface area contributed by atoms with Gasteiger partial charge in [-0.3, -0.25) is 0 Å². The van der Waals surface area contributed by atoms with Gasteiger partial charge in [-0.15, -0.1) is 0 Å².